The summed E-state index contributed by atoms with van der Waals surface area (Å²) in [7, 11) is 0. The molecule has 96 valence electrons. The summed E-state index contributed by atoms with van der Waals surface area (Å²) in [4.78, 5) is 4.13. The molecule has 4 heteroatoms. The molecular weight excluding hydrogens is 278 g/mol. The second kappa shape index (κ2) is 5.29. The highest BCUT2D eigenvalue weighted by Crippen LogP contribution is 2.28. The lowest BCUT2D eigenvalue weighted by Gasteiger charge is -2.10. The van der Waals surface area contributed by atoms with E-state index in [0.29, 0.717) is 15.8 Å². The van der Waals surface area contributed by atoms with Crippen LogP contribution in [-0.4, -0.2) is 10.1 Å². The maximum atomic E-state index is 10.2. The van der Waals surface area contributed by atoms with Crippen LogP contribution in [0.3, 0.4) is 0 Å². The van der Waals surface area contributed by atoms with Crippen LogP contribution in [0, 0.1) is 0 Å². The van der Waals surface area contributed by atoms with E-state index in [0.717, 1.165) is 5.56 Å². The van der Waals surface area contributed by atoms with Gasteiger partial charge in [0, 0.05) is 6.42 Å². The average Bonchev–Trinajstić information content (AvgIpc) is 2.86. The lowest BCUT2D eigenvalue weighted by molar-refractivity contribution is 0.178. The first kappa shape index (κ1) is 12.6. The van der Waals surface area contributed by atoms with E-state index in [9.17, 15) is 5.11 Å². The number of aliphatic hydroxyl groups is 1. The molecule has 0 saturated heterocycles. The van der Waals surface area contributed by atoms with Gasteiger partial charge in [-0.1, -0.05) is 54.1 Å². The normalized spacial score (nSPS) is 12.7. The molecule has 0 amide bonds. The fourth-order valence-electron chi connectivity index (χ4n) is 2.19. The predicted molar refractivity (Wildman–Crippen MR) is 79.7 cm³/mol. The lowest BCUT2D eigenvalue weighted by Crippen LogP contribution is -2.01. The summed E-state index contributed by atoms with van der Waals surface area (Å²) in [5, 5.41) is 13.3. The molecule has 1 heterocycles. The highest BCUT2D eigenvalue weighted by atomic mass is 35.5. The summed E-state index contributed by atoms with van der Waals surface area (Å²) in [6.07, 6.45) is 1.52. The molecule has 0 aliphatic rings. The minimum atomic E-state index is -0.608. The van der Waals surface area contributed by atoms with Crippen LogP contribution in [0.15, 0.2) is 48.7 Å². The lowest BCUT2D eigenvalue weighted by atomic mass is 10.00. The van der Waals surface area contributed by atoms with Gasteiger partial charge in [-0.15, -0.1) is 11.3 Å². The Bertz CT molecular complexity index is 705. The molecule has 19 heavy (non-hydrogen) atoms. The summed E-state index contributed by atoms with van der Waals surface area (Å²) >= 11 is 7.17. The van der Waals surface area contributed by atoms with Crippen molar-refractivity contribution >= 4 is 33.7 Å². The van der Waals surface area contributed by atoms with E-state index < -0.39 is 6.10 Å². The molecule has 0 aliphatic carbocycles. The van der Waals surface area contributed by atoms with Crippen molar-refractivity contribution in [1.29, 1.82) is 0 Å². The van der Waals surface area contributed by atoms with Crippen LogP contribution < -0.4 is 0 Å². The molecular formula is C15H12ClNOS. The first-order valence-corrected chi connectivity index (χ1v) is 7.19. The first-order valence-electron chi connectivity index (χ1n) is 6.00. The van der Waals surface area contributed by atoms with Gasteiger partial charge in [0.1, 0.15) is 15.4 Å². The third-order valence-electron chi connectivity index (χ3n) is 3.07. The van der Waals surface area contributed by atoms with Gasteiger partial charge in [-0.3, -0.25) is 0 Å². The Balaban J connectivity index is 1.93. The smallest absolute Gasteiger partial charge is 0.123 e. The summed E-state index contributed by atoms with van der Waals surface area (Å²) in [6, 6.07) is 14.3. The predicted octanol–water partition coefficient (Wildman–Crippen LogP) is 4.23. The van der Waals surface area contributed by atoms with Gasteiger partial charge in [-0.2, -0.15) is 0 Å². The van der Waals surface area contributed by atoms with Crippen LogP contribution in [-0.2, 0) is 6.42 Å². The number of aliphatic hydroxyl groups excluding tert-OH is 1. The molecule has 3 rings (SSSR count). The monoisotopic (exact) mass is 289 g/mol. The largest absolute Gasteiger partial charge is 0.386 e. The van der Waals surface area contributed by atoms with Crippen LogP contribution in [0.2, 0.25) is 4.34 Å². The highest BCUT2D eigenvalue weighted by Gasteiger charge is 2.14. The Morgan fingerprint density at radius 3 is 2.74 bits per heavy atom. The van der Waals surface area contributed by atoms with Crippen molar-refractivity contribution in [2.75, 3.05) is 0 Å². The molecule has 2 aromatic carbocycles. The molecule has 0 fully saturated rings. The number of hydrogen-bond acceptors (Lipinski definition) is 3. The summed E-state index contributed by atoms with van der Waals surface area (Å²) in [5.74, 6) is 0. The second-order valence-corrected chi connectivity index (χ2v) is 6.05. The van der Waals surface area contributed by atoms with Gasteiger partial charge in [-0.25, -0.2) is 4.98 Å². The van der Waals surface area contributed by atoms with Gasteiger partial charge >= 0.3 is 0 Å². The van der Waals surface area contributed by atoms with Crippen molar-refractivity contribution < 1.29 is 5.11 Å². The van der Waals surface area contributed by atoms with Crippen LogP contribution >= 0.6 is 22.9 Å². The maximum Gasteiger partial charge on any atom is 0.123 e. The van der Waals surface area contributed by atoms with Crippen molar-refractivity contribution in [3.8, 4) is 0 Å². The van der Waals surface area contributed by atoms with Crippen molar-refractivity contribution in [1.82, 2.24) is 4.98 Å². The van der Waals surface area contributed by atoms with E-state index in [2.05, 4.69) is 23.2 Å². The zero-order valence-corrected chi connectivity index (χ0v) is 11.7. The Kier molecular flexibility index (Phi) is 3.51. The highest BCUT2D eigenvalue weighted by molar-refractivity contribution is 7.15. The van der Waals surface area contributed by atoms with Gasteiger partial charge < -0.3 is 5.11 Å². The van der Waals surface area contributed by atoms with Gasteiger partial charge in [0.05, 0.1) is 6.20 Å². The molecule has 0 radical (unpaired) electrons. The van der Waals surface area contributed by atoms with Crippen LogP contribution in [0.1, 0.15) is 16.7 Å². The van der Waals surface area contributed by atoms with Gasteiger partial charge in [0.25, 0.3) is 0 Å². The summed E-state index contributed by atoms with van der Waals surface area (Å²) in [6.45, 7) is 0. The zero-order valence-electron chi connectivity index (χ0n) is 10.1. The van der Waals surface area contributed by atoms with Gasteiger partial charge in [-0.05, 0) is 16.3 Å². The molecule has 1 aromatic heterocycles. The molecule has 1 atom stereocenters. The van der Waals surface area contributed by atoms with E-state index in [1.807, 2.05) is 24.3 Å². The van der Waals surface area contributed by atoms with Gasteiger partial charge in [0.2, 0.25) is 0 Å². The number of nitrogens with zero attached hydrogens (tertiary/aromatic N) is 1. The molecule has 2 nitrogen and oxygen atoms in total. The molecule has 1 N–H and O–H groups in total. The van der Waals surface area contributed by atoms with Crippen molar-refractivity contribution in [2.45, 2.75) is 12.5 Å². The molecule has 1 unspecified atom stereocenters. The third kappa shape index (κ3) is 2.63. The summed E-state index contributed by atoms with van der Waals surface area (Å²) in [5.41, 5.74) is 1.12. The molecule has 0 spiro atoms. The fraction of sp³-hybridized carbons (Fsp3) is 0.133. The average molecular weight is 290 g/mol. The SMILES string of the molecule is OC(Cc1cccc2ccccc12)c1ncc(Cl)s1. The first-order chi connectivity index (χ1) is 9.24. The van der Waals surface area contributed by atoms with Crippen molar-refractivity contribution in [3.05, 3.63) is 63.6 Å². The Hall–Kier alpha value is -1.42. The third-order valence-corrected chi connectivity index (χ3v) is 4.29. The van der Waals surface area contributed by atoms with Crippen LogP contribution in [0.4, 0.5) is 0 Å². The molecule has 3 aromatic rings. The fourth-order valence-corrected chi connectivity index (χ4v) is 3.10. The molecule has 0 saturated carbocycles. The number of fused-ring (bicyclic) bond motifs is 1. The molecule has 0 bridgehead atoms. The van der Waals surface area contributed by atoms with E-state index in [1.54, 1.807) is 6.20 Å². The minimum absolute atomic E-state index is 0.547. The quantitative estimate of drug-likeness (QED) is 0.783. The van der Waals surface area contributed by atoms with Gasteiger partial charge in [0.15, 0.2) is 0 Å². The van der Waals surface area contributed by atoms with E-state index in [4.69, 9.17) is 11.6 Å². The van der Waals surface area contributed by atoms with E-state index in [1.165, 1.54) is 22.1 Å². The number of halogens is 1. The number of thiazole rings is 1. The van der Waals surface area contributed by atoms with E-state index in [-0.39, 0.29) is 0 Å². The second-order valence-electron chi connectivity index (χ2n) is 4.36. The maximum absolute atomic E-state index is 10.2. The van der Waals surface area contributed by atoms with Crippen molar-refractivity contribution in [2.24, 2.45) is 0 Å². The Morgan fingerprint density at radius 2 is 1.95 bits per heavy atom. The Morgan fingerprint density at radius 1 is 1.16 bits per heavy atom. The standard InChI is InChI=1S/C15H12ClNOS/c16-14-9-17-15(19-14)13(18)8-11-6-3-5-10-4-1-2-7-12(10)11/h1-7,9,13,18H,8H2. The number of aromatic nitrogens is 1. The number of hydrogen-bond donors (Lipinski definition) is 1. The number of benzene rings is 2. The number of rotatable bonds is 3. The van der Waals surface area contributed by atoms with Crippen LogP contribution in [0.25, 0.3) is 10.8 Å². The molecule has 0 aliphatic heterocycles. The van der Waals surface area contributed by atoms with Crippen molar-refractivity contribution in [3.63, 3.8) is 0 Å². The Labute approximate surface area is 120 Å². The topological polar surface area (TPSA) is 33.1 Å². The summed E-state index contributed by atoms with van der Waals surface area (Å²) < 4.78 is 0.604. The van der Waals surface area contributed by atoms with E-state index >= 15 is 0 Å². The zero-order chi connectivity index (χ0) is 13.2. The minimum Gasteiger partial charge on any atom is -0.386 e. The van der Waals surface area contributed by atoms with Crippen LogP contribution in [0.5, 0.6) is 0 Å².